The molecule has 4 rings (SSSR count). The predicted molar refractivity (Wildman–Crippen MR) is 92.6 cm³/mol. The van der Waals surface area contributed by atoms with Gasteiger partial charge in [0.25, 0.3) is 0 Å². The maximum atomic E-state index is 12.5. The van der Waals surface area contributed by atoms with Gasteiger partial charge >= 0.3 is 6.03 Å². The van der Waals surface area contributed by atoms with Crippen LogP contribution in [0, 0.1) is 0 Å². The van der Waals surface area contributed by atoms with Gasteiger partial charge in [0.2, 0.25) is 5.91 Å². The molecular formula is C17H18BrN3O4. The number of hydrogen-bond acceptors (Lipinski definition) is 4. The van der Waals surface area contributed by atoms with Crippen molar-refractivity contribution >= 4 is 33.7 Å². The molecule has 0 radical (unpaired) electrons. The number of piperidine rings is 1. The standard InChI is InChI=1S/C17H18BrN3O4/c18-10-1-2-14-11(7-10)13(22)8-17(25-14)3-5-21(6-4-17)15(23)12-9-19-16(24)20-12/h1-2,7,12H,3-6,8-9H2,(H2,19,20,24). The van der Waals surface area contributed by atoms with Crippen molar-refractivity contribution in [3.05, 3.63) is 28.2 Å². The molecule has 0 aromatic heterocycles. The smallest absolute Gasteiger partial charge is 0.315 e. The first-order valence-electron chi connectivity index (χ1n) is 8.31. The fraction of sp³-hybridized carbons (Fsp3) is 0.471. The number of ether oxygens (including phenoxy) is 1. The van der Waals surface area contributed by atoms with E-state index in [9.17, 15) is 14.4 Å². The Hall–Kier alpha value is -2.09. The summed E-state index contributed by atoms with van der Waals surface area (Å²) in [4.78, 5) is 38.0. The summed E-state index contributed by atoms with van der Waals surface area (Å²) in [5, 5.41) is 5.21. The molecule has 1 unspecified atom stereocenters. The van der Waals surface area contributed by atoms with Gasteiger partial charge in [0, 0.05) is 36.9 Å². The Morgan fingerprint density at radius 1 is 1.28 bits per heavy atom. The SMILES string of the molecule is O=C1NCC(C(=O)N2CCC3(CC2)CC(=O)c2cc(Br)ccc2O3)N1. The van der Waals surface area contributed by atoms with Crippen LogP contribution in [0.3, 0.4) is 0 Å². The summed E-state index contributed by atoms with van der Waals surface area (Å²) in [5.74, 6) is 0.612. The second-order valence-electron chi connectivity index (χ2n) is 6.76. The zero-order valence-electron chi connectivity index (χ0n) is 13.5. The zero-order valence-corrected chi connectivity index (χ0v) is 15.1. The first-order valence-corrected chi connectivity index (χ1v) is 9.10. The van der Waals surface area contributed by atoms with E-state index < -0.39 is 11.6 Å². The Morgan fingerprint density at radius 2 is 2.04 bits per heavy atom. The Kier molecular flexibility index (Phi) is 3.94. The number of rotatable bonds is 1. The number of Topliss-reactive ketones (excluding diaryl/α,β-unsaturated/α-hetero) is 1. The number of carbonyl (C=O) groups is 3. The Morgan fingerprint density at radius 3 is 2.72 bits per heavy atom. The van der Waals surface area contributed by atoms with E-state index >= 15 is 0 Å². The average Bonchev–Trinajstić information content (AvgIpc) is 3.02. The third kappa shape index (κ3) is 2.99. The third-order valence-corrected chi connectivity index (χ3v) is 5.60. The number of carbonyl (C=O) groups excluding carboxylic acids is 3. The van der Waals surface area contributed by atoms with Crippen molar-refractivity contribution in [1.29, 1.82) is 0 Å². The van der Waals surface area contributed by atoms with Crippen LogP contribution in [0.5, 0.6) is 5.75 Å². The Bertz CT molecular complexity index is 758. The summed E-state index contributed by atoms with van der Waals surface area (Å²) >= 11 is 3.38. The topological polar surface area (TPSA) is 87.7 Å². The lowest BCUT2D eigenvalue weighted by Gasteiger charge is -2.44. The van der Waals surface area contributed by atoms with Gasteiger partial charge in [0.05, 0.1) is 12.0 Å². The molecule has 0 aliphatic carbocycles. The lowest BCUT2D eigenvalue weighted by atomic mass is 9.82. The molecule has 25 heavy (non-hydrogen) atoms. The van der Waals surface area contributed by atoms with Gasteiger partial charge in [0.15, 0.2) is 5.78 Å². The van der Waals surface area contributed by atoms with Crippen LogP contribution in [0.15, 0.2) is 22.7 Å². The number of nitrogens with zero attached hydrogens (tertiary/aromatic N) is 1. The van der Waals surface area contributed by atoms with Gasteiger partial charge in [-0.1, -0.05) is 15.9 Å². The lowest BCUT2D eigenvalue weighted by Crippen LogP contribution is -2.55. The summed E-state index contributed by atoms with van der Waals surface area (Å²) < 4.78 is 7.05. The van der Waals surface area contributed by atoms with Crippen molar-refractivity contribution in [2.45, 2.75) is 30.9 Å². The van der Waals surface area contributed by atoms with Crippen LogP contribution in [-0.4, -0.2) is 53.9 Å². The fourth-order valence-corrected chi connectivity index (χ4v) is 4.07. The number of halogens is 1. The number of likely N-dealkylation sites (tertiary alicyclic amines) is 1. The number of fused-ring (bicyclic) bond motifs is 1. The van der Waals surface area contributed by atoms with Crippen molar-refractivity contribution in [3.63, 3.8) is 0 Å². The molecule has 3 heterocycles. The van der Waals surface area contributed by atoms with E-state index in [-0.39, 0.29) is 17.7 Å². The van der Waals surface area contributed by atoms with Gasteiger partial charge in [-0.3, -0.25) is 9.59 Å². The van der Waals surface area contributed by atoms with E-state index in [1.807, 2.05) is 12.1 Å². The first kappa shape index (κ1) is 16.4. The van der Waals surface area contributed by atoms with Gasteiger partial charge in [-0.2, -0.15) is 0 Å². The number of ketones is 1. The lowest BCUT2D eigenvalue weighted by molar-refractivity contribution is -0.136. The van der Waals surface area contributed by atoms with E-state index in [1.54, 1.807) is 11.0 Å². The highest BCUT2D eigenvalue weighted by atomic mass is 79.9. The monoisotopic (exact) mass is 407 g/mol. The number of urea groups is 1. The molecular weight excluding hydrogens is 390 g/mol. The van der Waals surface area contributed by atoms with Gasteiger partial charge in [-0.25, -0.2) is 4.79 Å². The third-order valence-electron chi connectivity index (χ3n) is 5.11. The number of hydrogen-bond donors (Lipinski definition) is 2. The van der Waals surface area contributed by atoms with E-state index in [4.69, 9.17) is 4.74 Å². The van der Waals surface area contributed by atoms with Crippen LogP contribution in [0.1, 0.15) is 29.6 Å². The van der Waals surface area contributed by atoms with E-state index in [2.05, 4.69) is 26.6 Å². The van der Waals surface area contributed by atoms with E-state index in [1.165, 1.54) is 0 Å². The molecule has 132 valence electrons. The quantitative estimate of drug-likeness (QED) is 0.737. The molecule has 3 aliphatic rings. The average molecular weight is 408 g/mol. The minimum absolute atomic E-state index is 0.0783. The minimum atomic E-state index is -0.536. The van der Waals surface area contributed by atoms with Crippen molar-refractivity contribution in [2.24, 2.45) is 0 Å². The molecule has 3 amide bonds. The summed E-state index contributed by atoms with van der Waals surface area (Å²) in [5.41, 5.74) is 0.0736. The highest BCUT2D eigenvalue weighted by Gasteiger charge is 2.44. The van der Waals surface area contributed by atoms with Gasteiger partial charge in [0.1, 0.15) is 17.4 Å². The highest BCUT2D eigenvalue weighted by Crippen LogP contribution is 2.40. The summed E-state index contributed by atoms with van der Waals surface area (Å²) in [6.45, 7) is 1.35. The maximum Gasteiger partial charge on any atom is 0.315 e. The van der Waals surface area contributed by atoms with Crippen LogP contribution in [-0.2, 0) is 4.79 Å². The normalized spacial score (nSPS) is 24.4. The van der Waals surface area contributed by atoms with E-state index in [0.29, 0.717) is 50.2 Å². The van der Waals surface area contributed by atoms with Crippen LogP contribution in [0.25, 0.3) is 0 Å². The van der Waals surface area contributed by atoms with Gasteiger partial charge in [-0.15, -0.1) is 0 Å². The van der Waals surface area contributed by atoms with Gasteiger partial charge < -0.3 is 20.3 Å². The molecule has 1 atom stereocenters. The Balaban J connectivity index is 1.45. The number of nitrogens with one attached hydrogen (secondary N) is 2. The summed E-state index contributed by atoms with van der Waals surface area (Å²) in [6.07, 6.45) is 1.54. The predicted octanol–water partition coefficient (Wildman–Crippen LogP) is 1.46. The largest absolute Gasteiger partial charge is 0.486 e. The molecule has 2 saturated heterocycles. The fourth-order valence-electron chi connectivity index (χ4n) is 3.70. The molecule has 1 aromatic carbocycles. The summed E-state index contributed by atoms with van der Waals surface area (Å²) in [7, 11) is 0. The maximum absolute atomic E-state index is 12.5. The van der Waals surface area contributed by atoms with Crippen LogP contribution in [0.2, 0.25) is 0 Å². The first-order chi connectivity index (χ1) is 12.0. The van der Waals surface area contributed by atoms with Gasteiger partial charge in [-0.05, 0) is 18.2 Å². The second kappa shape index (κ2) is 6.01. The number of benzene rings is 1. The number of amides is 3. The Labute approximate surface area is 153 Å². The minimum Gasteiger partial charge on any atom is -0.486 e. The van der Waals surface area contributed by atoms with Crippen molar-refractivity contribution < 1.29 is 19.1 Å². The highest BCUT2D eigenvalue weighted by molar-refractivity contribution is 9.10. The van der Waals surface area contributed by atoms with Crippen LogP contribution in [0.4, 0.5) is 4.79 Å². The second-order valence-corrected chi connectivity index (χ2v) is 7.67. The van der Waals surface area contributed by atoms with Crippen LogP contribution < -0.4 is 15.4 Å². The molecule has 2 fully saturated rings. The molecule has 1 spiro atoms. The van der Waals surface area contributed by atoms with Crippen molar-refractivity contribution in [1.82, 2.24) is 15.5 Å². The molecule has 7 nitrogen and oxygen atoms in total. The molecule has 8 heteroatoms. The van der Waals surface area contributed by atoms with E-state index in [0.717, 1.165) is 4.47 Å². The summed E-state index contributed by atoms with van der Waals surface area (Å²) in [6, 6.07) is 4.65. The van der Waals surface area contributed by atoms with Crippen molar-refractivity contribution in [2.75, 3.05) is 19.6 Å². The molecule has 0 bridgehead atoms. The molecule has 3 aliphatic heterocycles. The zero-order chi connectivity index (χ0) is 17.6. The molecule has 1 aromatic rings. The van der Waals surface area contributed by atoms with Crippen LogP contribution >= 0.6 is 15.9 Å². The molecule has 2 N–H and O–H groups in total. The molecule has 0 saturated carbocycles. The van der Waals surface area contributed by atoms with Crippen molar-refractivity contribution in [3.8, 4) is 5.75 Å².